The van der Waals surface area contributed by atoms with Crippen molar-refractivity contribution >= 4 is 5.91 Å². The van der Waals surface area contributed by atoms with Crippen LogP contribution in [0.5, 0.6) is 5.88 Å². The molecule has 2 rings (SSSR count). The second-order valence-electron chi connectivity index (χ2n) is 5.18. The zero-order valence-electron chi connectivity index (χ0n) is 11.4. The largest absolute Gasteiger partial charge is 0.481 e. The highest BCUT2D eigenvalue weighted by Gasteiger charge is 2.36. The van der Waals surface area contributed by atoms with E-state index in [-0.39, 0.29) is 17.9 Å². The molecular formula is C14H20N2O3. The highest BCUT2D eigenvalue weighted by atomic mass is 16.5. The lowest BCUT2D eigenvalue weighted by Gasteiger charge is -2.40. The van der Waals surface area contributed by atoms with Crippen molar-refractivity contribution in [3.8, 4) is 5.88 Å². The van der Waals surface area contributed by atoms with Crippen molar-refractivity contribution in [2.24, 2.45) is 5.41 Å². The van der Waals surface area contributed by atoms with Crippen LogP contribution in [0.15, 0.2) is 12.1 Å². The molecule has 0 saturated heterocycles. The number of carbonyl (C=O) groups is 1. The topological polar surface area (TPSA) is 71.5 Å². The third-order valence-corrected chi connectivity index (χ3v) is 3.89. The molecule has 0 spiro atoms. The molecule has 1 fully saturated rings. The van der Waals surface area contributed by atoms with Gasteiger partial charge in [0, 0.05) is 18.0 Å². The Bertz CT molecular complexity index is 464. The molecule has 1 aromatic rings. The van der Waals surface area contributed by atoms with E-state index >= 15 is 0 Å². The summed E-state index contributed by atoms with van der Waals surface area (Å²) in [6.07, 6.45) is 3.08. The van der Waals surface area contributed by atoms with E-state index < -0.39 is 0 Å². The minimum absolute atomic E-state index is 0.108. The maximum Gasteiger partial charge on any atom is 0.253 e. The summed E-state index contributed by atoms with van der Waals surface area (Å²) in [7, 11) is 1.54. The van der Waals surface area contributed by atoms with Gasteiger partial charge in [0.15, 0.2) is 0 Å². The molecule has 1 saturated carbocycles. The number of amides is 1. The highest BCUT2D eigenvalue weighted by molar-refractivity contribution is 5.95. The van der Waals surface area contributed by atoms with Gasteiger partial charge in [-0.05, 0) is 25.8 Å². The van der Waals surface area contributed by atoms with Crippen molar-refractivity contribution in [1.82, 2.24) is 10.3 Å². The van der Waals surface area contributed by atoms with Gasteiger partial charge in [-0.15, -0.1) is 0 Å². The number of aryl methyl sites for hydroxylation is 1. The lowest BCUT2D eigenvalue weighted by molar-refractivity contribution is 0.0428. The highest BCUT2D eigenvalue weighted by Crippen LogP contribution is 2.39. The number of hydrogen-bond donors (Lipinski definition) is 2. The third-order valence-electron chi connectivity index (χ3n) is 3.89. The summed E-state index contributed by atoms with van der Waals surface area (Å²) in [5.74, 6) is 0.354. The molecule has 2 N–H and O–H groups in total. The van der Waals surface area contributed by atoms with E-state index in [9.17, 15) is 9.90 Å². The van der Waals surface area contributed by atoms with Crippen LogP contribution in [0.1, 0.15) is 35.3 Å². The van der Waals surface area contributed by atoms with Crippen LogP contribution in [0.3, 0.4) is 0 Å². The number of hydrogen-bond acceptors (Lipinski definition) is 4. The zero-order valence-corrected chi connectivity index (χ0v) is 11.4. The van der Waals surface area contributed by atoms with Crippen LogP contribution in [0, 0.1) is 12.3 Å². The first-order valence-electron chi connectivity index (χ1n) is 6.51. The maximum absolute atomic E-state index is 12.1. The van der Waals surface area contributed by atoms with Crippen LogP contribution < -0.4 is 10.1 Å². The van der Waals surface area contributed by atoms with Crippen LogP contribution in [0.2, 0.25) is 0 Å². The fraction of sp³-hybridized carbons (Fsp3) is 0.571. The first-order chi connectivity index (χ1) is 9.10. The van der Waals surface area contributed by atoms with Crippen molar-refractivity contribution in [3.63, 3.8) is 0 Å². The Labute approximate surface area is 113 Å². The van der Waals surface area contributed by atoms with E-state index in [4.69, 9.17) is 4.74 Å². The fourth-order valence-corrected chi connectivity index (χ4v) is 2.32. The number of carbonyl (C=O) groups excluding carboxylic acids is 1. The second kappa shape index (κ2) is 5.57. The minimum atomic E-state index is -0.146. The van der Waals surface area contributed by atoms with Gasteiger partial charge in [0.25, 0.3) is 5.91 Å². The Morgan fingerprint density at radius 3 is 2.74 bits per heavy atom. The Morgan fingerprint density at radius 2 is 2.26 bits per heavy atom. The smallest absolute Gasteiger partial charge is 0.253 e. The lowest BCUT2D eigenvalue weighted by atomic mass is 9.69. The summed E-state index contributed by atoms with van der Waals surface area (Å²) >= 11 is 0. The third kappa shape index (κ3) is 2.87. The molecule has 1 amide bonds. The maximum atomic E-state index is 12.1. The number of methoxy groups -OCH3 is 1. The van der Waals surface area contributed by atoms with Crippen LogP contribution in [0.25, 0.3) is 0 Å². The van der Waals surface area contributed by atoms with E-state index in [0.717, 1.165) is 19.3 Å². The van der Waals surface area contributed by atoms with Crippen LogP contribution in [-0.2, 0) is 0 Å². The predicted octanol–water partition coefficient (Wildman–Crippen LogP) is 1.29. The number of ether oxygens (including phenoxy) is 1. The predicted molar refractivity (Wildman–Crippen MR) is 71.2 cm³/mol. The molecule has 0 bridgehead atoms. The monoisotopic (exact) mass is 264 g/mol. The number of aliphatic hydroxyl groups excluding tert-OH is 1. The molecule has 5 nitrogen and oxygen atoms in total. The Kier molecular flexibility index (Phi) is 4.04. The molecule has 1 aliphatic carbocycles. The van der Waals surface area contributed by atoms with E-state index in [1.165, 1.54) is 0 Å². The van der Waals surface area contributed by atoms with Gasteiger partial charge in [0.1, 0.15) is 0 Å². The average molecular weight is 264 g/mol. The van der Waals surface area contributed by atoms with E-state index in [1.54, 1.807) is 26.2 Å². The van der Waals surface area contributed by atoms with Gasteiger partial charge in [-0.1, -0.05) is 6.42 Å². The molecule has 0 aliphatic heterocycles. The molecule has 0 atom stereocenters. The van der Waals surface area contributed by atoms with Crippen molar-refractivity contribution in [2.75, 3.05) is 20.3 Å². The molecular weight excluding hydrogens is 244 g/mol. The number of nitrogens with one attached hydrogen (secondary N) is 1. The van der Waals surface area contributed by atoms with Crippen molar-refractivity contribution in [3.05, 3.63) is 23.4 Å². The Hall–Kier alpha value is -1.62. The minimum Gasteiger partial charge on any atom is -0.481 e. The van der Waals surface area contributed by atoms with Gasteiger partial charge < -0.3 is 15.2 Å². The summed E-state index contributed by atoms with van der Waals surface area (Å²) in [6, 6.07) is 3.38. The standard InChI is InChI=1S/C14H20N2O3/c1-10-11(4-5-12(16-10)19-2)13(18)15-8-14(9-17)6-3-7-14/h4-5,17H,3,6-9H2,1-2H3,(H,15,18). The van der Waals surface area contributed by atoms with Gasteiger partial charge in [-0.2, -0.15) is 0 Å². The van der Waals surface area contributed by atoms with Crippen molar-refractivity contribution in [2.45, 2.75) is 26.2 Å². The first kappa shape index (κ1) is 13.8. The summed E-state index contributed by atoms with van der Waals surface area (Å²) in [5.41, 5.74) is 1.08. The molecule has 104 valence electrons. The van der Waals surface area contributed by atoms with Crippen LogP contribution >= 0.6 is 0 Å². The molecule has 0 unspecified atom stereocenters. The Balaban J connectivity index is 2.00. The van der Waals surface area contributed by atoms with E-state index in [1.807, 2.05) is 0 Å². The zero-order chi connectivity index (χ0) is 13.9. The van der Waals surface area contributed by atoms with Gasteiger partial charge >= 0.3 is 0 Å². The van der Waals surface area contributed by atoms with Crippen molar-refractivity contribution < 1.29 is 14.6 Å². The summed E-state index contributed by atoms with van der Waals surface area (Å²) in [4.78, 5) is 16.3. The normalized spacial score (nSPS) is 16.6. The number of aromatic nitrogens is 1. The van der Waals surface area contributed by atoms with E-state index in [2.05, 4.69) is 10.3 Å². The van der Waals surface area contributed by atoms with Crippen molar-refractivity contribution in [1.29, 1.82) is 0 Å². The summed E-state index contributed by atoms with van der Waals surface area (Å²) in [5, 5.41) is 12.3. The van der Waals surface area contributed by atoms with Gasteiger partial charge in [0.05, 0.1) is 25.0 Å². The molecule has 0 radical (unpaired) electrons. The second-order valence-corrected chi connectivity index (χ2v) is 5.18. The molecule has 1 aliphatic rings. The quantitative estimate of drug-likeness (QED) is 0.840. The molecule has 1 aromatic heterocycles. The number of rotatable bonds is 5. The molecule has 0 aromatic carbocycles. The van der Waals surface area contributed by atoms with Gasteiger partial charge in [0.2, 0.25) is 5.88 Å². The van der Waals surface area contributed by atoms with Crippen LogP contribution in [0.4, 0.5) is 0 Å². The molecule has 5 heteroatoms. The first-order valence-corrected chi connectivity index (χ1v) is 6.51. The number of aliphatic hydroxyl groups is 1. The SMILES string of the molecule is COc1ccc(C(=O)NCC2(CO)CCC2)c(C)n1. The lowest BCUT2D eigenvalue weighted by Crippen LogP contribution is -2.44. The number of nitrogens with zero attached hydrogens (tertiary/aromatic N) is 1. The van der Waals surface area contributed by atoms with Crippen LogP contribution in [-0.4, -0.2) is 36.3 Å². The molecule has 19 heavy (non-hydrogen) atoms. The number of pyridine rings is 1. The molecule has 1 heterocycles. The van der Waals surface area contributed by atoms with E-state index in [0.29, 0.717) is 23.7 Å². The summed E-state index contributed by atoms with van der Waals surface area (Å²) in [6.45, 7) is 2.43. The van der Waals surface area contributed by atoms with Gasteiger partial charge in [-0.3, -0.25) is 4.79 Å². The average Bonchev–Trinajstić information content (AvgIpc) is 2.37. The Morgan fingerprint density at radius 1 is 1.53 bits per heavy atom. The fourth-order valence-electron chi connectivity index (χ4n) is 2.32. The van der Waals surface area contributed by atoms with Gasteiger partial charge in [-0.25, -0.2) is 4.98 Å². The summed E-state index contributed by atoms with van der Waals surface area (Å²) < 4.78 is 5.01.